The van der Waals surface area contributed by atoms with Gasteiger partial charge in [-0.3, -0.25) is 4.68 Å². The molecule has 0 aliphatic rings. The topological polar surface area (TPSA) is 53.3 Å². The molecule has 0 radical (unpaired) electrons. The van der Waals surface area contributed by atoms with Crippen LogP contribution < -0.4 is 4.74 Å². The fourth-order valence-electron chi connectivity index (χ4n) is 2.65. The fourth-order valence-corrected chi connectivity index (χ4v) is 2.81. The van der Waals surface area contributed by atoms with E-state index in [1.807, 2.05) is 0 Å². The molecule has 2 aromatic carbocycles. The maximum absolute atomic E-state index is 14.2. The molecule has 0 unspecified atom stereocenters. The maximum Gasteiger partial charge on any atom is 0.573 e. The van der Waals surface area contributed by atoms with Gasteiger partial charge in [-0.05, 0) is 30.3 Å². The number of carbonyl (C=O) groups is 1. The van der Waals surface area contributed by atoms with E-state index in [2.05, 4.69) is 14.6 Å². The third-order valence-electron chi connectivity index (χ3n) is 3.90. The molecular formula is C19H13ClF4N2O3. The number of aromatic nitrogens is 2. The maximum atomic E-state index is 14.2. The second-order valence-electron chi connectivity index (χ2n) is 5.86. The molecule has 5 nitrogen and oxygen atoms in total. The van der Waals surface area contributed by atoms with Gasteiger partial charge in [-0.25, -0.2) is 9.18 Å². The summed E-state index contributed by atoms with van der Waals surface area (Å²) in [4.78, 5) is 11.4. The molecular weight excluding hydrogens is 416 g/mol. The number of fused-ring (bicyclic) bond motifs is 1. The number of ether oxygens (including phenoxy) is 2. The number of alkyl halides is 3. The molecule has 1 heterocycles. The summed E-state index contributed by atoms with van der Waals surface area (Å²) in [6.45, 7) is -0.0823. The Morgan fingerprint density at radius 2 is 2.00 bits per heavy atom. The van der Waals surface area contributed by atoms with Gasteiger partial charge < -0.3 is 9.47 Å². The second-order valence-corrected chi connectivity index (χ2v) is 6.30. The first-order chi connectivity index (χ1) is 13.7. The summed E-state index contributed by atoms with van der Waals surface area (Å²) >= 11 is 5.75. The molecule has 1 aromatic heterocycles. The van der Waals surface area contributed by atoms with E-state index in [0.29, 0.717) is 11.1 Å². The van der Waals surface area contributed by atoms with Crippen LogP contribution in [0.15, 0.2) is 42.5 Å². The molecule has 0 atom stereocenters. The predicted molar refractivity (Wildman–Crippen MR) is 98.0 cm³/mol. The van der Waals surface area contributed by atoms with E-state index in [-0.39, 0.29) is 22.6 Å². The summed E-state index contributed by atoms with van der Waals surface area (Å²) in [6.07, 6.45) is -2.39. The summed E-state index contributed by atoms with van der Waals surface area (Å²) < 4.78 is 61.6. The average Bonchev–Trinajstić information content (AvgIpc) is 2.97. The summed E-state index contributed by atoms with van der Waals surface area (Å²) in [5, 5.41) is 4.92. The smallest absolute Gasteiger partial charge is 0.466 e. The molecule has 0 N–H and O–H groups in total. The molecule has 10 heteroatoms. The van der Waals surface area contributed by atoms with Crippen molar-refractivity contribution in [2.45, 2.75) is 12.9 Å². The standard InChI is InChI=1S/C19H13ClF4N2O3/c1-28-18(27)7-6-16-14-5-4-13(29-19(22,23)24)9-17(14)26(25-16)10-11-2-3-12(20)8-15(11)21/h2-9H,10H2,1H3/b7-6+. The molecule has 3 aromatic rings. The Morgan fingerprint density at radius 3 is 2.66 bits per heavy atom. The van der Waals surface area contributed by atoms with Gasteiger partial charge in [-0.15, -0.1) is 13.2 Å². The SMILES string of the molecule is COC(=O)/C=C/c1nn(Cc2ccc(Cl)cc2F)c2cc(OC(F)(F)F)ccc12. The Bertz CT molecular complexity index is 1090. The summed E-state index contributed by atoms with van der Waals surface area (Å²) in [5.41, 5.74) is 0.772. The van der Waals surface area contributed by atoms with E-state index in [4.69, 9.17) is 11.6 Å². The molecule has 152 valence electrons. The van der Waals surface area contributed by atoms with E-state index < -0.39 is 23.9 Å². The van der Waals surface area contributed by atoms with Gasteiger partial charge in [0.15, 0.2) is 0 Å². The molecule has 0 aliphatic heterocycles. The zero-order chi connectivity index (χ0) is 21.2. The number of rotatable bonds is 5. The van der Waals surface area contributed by atoms with E-state index in [0.717, 1.165) is 24.3 Å². The van der Waals surface area contributed by atoms with Crippen LogP contribution >= 0.6 is 11.6 Å². The zero-order valence-corrected chi connectivity index (χ0v) is 15.6. The first kappa shape index (κ1) is 20.7. The van der Waals surface area contributed by atoms with Crippen LogP contribution in [-0.4, -0.2) is 29.2 Å². The minimum absolute atomic E-state index is 0.0823. The van der Waals surface area contributed by atoms with Crippen molar-refractivity contribution in [3.05, 3.63) is 64.6 Å². The number of esters is 1. The highest BCUT2D eigenvalue weighted by Crippen LogP contribution is 2.29. The lowest BCUT2D eigenvalue weighted by Gasteiger charge is -2.10. The van der Waals surface area contributed by atoms with Gasteiger partial charge in [-0.2, -0.15) is 5.10 Å². The zero-order valence-electron chi connectivity index (χ0n) is 14.8. The van der Waals surface area contributed by atoms with E-state index in [1.165, 1.54) is 36.1 Å². The van der Waals surface area contributed by atoms with E-state index >= 15 is 0 Å². The van der Waals surface area contributed by atoms with Crippen molar-refractivity contribution >= 4 is 34.5 Å². The van der Waals surface area contributed by atoms with Crippen LogP contribution in [0.1, 0.15) is 11.3 Å². The lowest BCUT2D eigenvalue weighted by Crippen LogP contribution is -2.17. The number of hydrogen-bond donors (Lipinski definition) is 0. The van der Waals surface area contributed by atoms with Crippen molar-refractivity contribution in [2.24, 2.45) is 0 Å². The highest BCUT2D eigenvalue weighted by atomic mass is 35.5. The van der Waals surface area contributed by atoms with Gasteiger partial charge in [0.2, 0.25) is 0 Å². The average molecular weight is 429 g/mol. The summed E-state index contributed by atoms with van der Waals surface area (Å²) in [7, 11) is 1.20. The van der Waals surface area contributed by atoms with Gasteiger partial charge in [0.25, 0.3) is 0 Å². The number of carbonyl (C=O) groups excluding carboxylic acids is 1. The van der Waals surface area contributed by atoms with E-state index in [9.17, 15) is 22.4 Å². The number of methoxy groups -OCH3 is 1. The van der Waals surface area contributed by atoms with Crippen molar-refractivity contribution in [2.75, 3.05) is 7.11 Å². The van der Waals surface area contributed by atoms with Crippen molar-refractivity contribution in [3.8, 4) is 5.75 Å². The Labute approximate surface area is 167 Å². The Balaban J connectivity index is 2.08. The third-order valence-corrected chi connectivity index (χ3v) is 4.13. The van der Waals surface area contributed by atoms with Crippen LogP contribution in [0.4, 0.5) is 17.6 Å². The first-order valence-corrected chi connectivity index (χ1v) is 8.50. The van der Waals surface area contributed by atoms with Crippen LogP contribution in [0.3, 0.4) is 0 Å². The van der Waals surface area contributed by atoms with Crippen LogP contribution in [-0.2, 0) is 16.1 Å². The second kappa shape index (κ2) is 8.12. The van der Waals surface area contributed by atoms with Crippen LogP contribution in [0.25, 0.3) is 17.0 Å². The molecule has 3 rings (SSSR count). The molecule has 0 saturated heterocycles. The Hall–Kier alpha value is -3.07. The quantitative estimate of drug-likeness (QED) is 0.327. The van der Waals surface area contributed by atoms with Crippen molar-refractivity contribution in [1.29, 1.82) is 0 Å². The van der Waals surface area contributed by atoms with E-state index in [1.54, 1.807) is 0 Å². The predicted octanol–water partition coefficient (Wildman–Crippen LogP) is 4.96. The fraction of sp³-hybridized carbons (Fsp3) is 0.158. The highest BCUT2D eigenvalue weighted by molar-refractivity contribution is 6.30. The lowest BCUT2D eigenvalue weighted by molar-refractivity contribution is -0.274. The van der Waals surface area contributed by atoms with Gasteiger partial charge in [0.1, 0.15) is 11.6 Å². The van der Waals surface area contributed by atoms with Crippen LogP contribution in [0.2, 0.25) is 5.02 Å². The molecule has 29 heavy (non-hydrogen) atoms. The van der Waals surface area contributed by atoms with Crippen LogP contribution in [0.5, 0.6) is 5.75 Å². The Kier molecular flexibility index (Phi) is 5.78. The highest BCUT2D eigenvalue weighted by Gasteiger charge is 2.31. The first-order valence-electron chi connectivity index (χ1n) is 8.12. The third kappa shape index (κ3) is 5.05. The molecule has 0 bridgehead atoms. The molecule has 0 amide bonds. The molecule has 0 aliphatic carbocycles. The minimum atomic E-state index is -4.87. The number of benzene rings is 2. The number of nitrogens with zero attached hydrogens (tertiary/aromatic N) is 2. The van der Waals surface area contributed by atoms with Crippen molar-refractivity contribution < 1.29 is 31.8 Å². The molecule has 0 spiro atoms. The summed E-state index contributed by atoms with van der Waals surface area (Å²) in [6, 6.07) is 7.69. The Morgan fingerprint density at radius 1 is 1.24 bits per heavy atom. The molecule has 0 saturated carbocycles. The van der Waals surface area contributed by atoms with Crippen LogP contribution in [0, 0.1) is 5.82 Å². The van der Waals surface area contributed by atoms with Gasteiger partial charge in [-0.1, -0.05) is 17.7 Å². The minimum Gasteiger partial charge on any atom is -0.466 e. The van der Waals surface area contributed by atoms with Gasteiger partial charge >= 0.3 is 12.3 Å². The van der Waals surface area contributed by atoms with Crippen molar-refractivity contribution in [3.63, 3.8) is 0 Å². The lowest BCUT2D eigenvalue weighted by atomic mass is 10.2. The van der Waals surface area contributed by atoms with Crippen molar-refractivity contribution in [1.82, 2.24) is 9.78 Å². The summed E-state index contributed by atoms with van der Waals surface area (Å²) in [5.74, 6) is -1.67. The number of halogens is 5. The largest absolute Gasteiger partial charge is 0.573 e. The van der Waals surface area contributed by atoms with Gasteiger partial charge in [0, 0.05) is 28.1 Å². The monoisotopic (exact) mass is 428 g/mol. The normalized spacial score (nSPS) is 11.9. The number of hydrogen-bond acceptors (Lipinski definition) is 4. The molecule has 0 fully saturated rings. The van der Waals surface area contributed by atoms with Gasteiger partial charge in [0.05, 0.1) is 24.9 Å².